The SMILES string of the molecule is CN(C(=O)[C@H]1C[C@H]2CC[C@H]1C2)[C@@H]1CCc2ccccc21. The normalized spacial score (nSPS) is 34.2. The predicted octanol–water partition coefficient (Wildman–Crippen LogP) is 3.57. The van der Waals surface area contributed by atoms with Crippen molar-refractivity contribution < 1.29 is 4.79 Å². The molecule has 3 aliphatic carbocycles. The van der Waals surface area contributed by atoms with Gasteiger partial charge in [0.15, 0.2) is 0 Å². The van der Waals surface area contributed by atoms with Gasteiger partial charge in [-0.2, -0.15) is 0 Å². The van der Waals surface area contributed by atoms with E-state index in [4.69, 9.17) is 0 Å². The Hall–Kier alpha value is -1.31. The van der Waals surface area contributed by atoms with Crippen LogP contribution in [0.25, 0.3) is 0 Å². The van der Waals surface area contributed by atoms with Crippen LogP contribution in [0.15, 0.2) is 24.3 Å². The molecule has 2 heteroatoms. The lowest BCUT2D eigenvalue weighted by molar-refractivity contribution is -0.138. The number of fused-ring (bicyclic) bond motifs is 3. The number of aryl methyl sites for hydroxylation is 1. The summed E-state index contributed by atoms with van der Waals surface area (Å²) in [5.74, 6) is 2.27. The Morgan fingerprint density at radius 2 is 2.00 bits per heavy atom. The number of amides is 1. The van der Waals surface area contributed by atoms with Gasteiger partial charge in [-0.15, -0.1) is 0 Å². The van der Waals surface area contributed by atoms with Gasteiger partial charge in [0.05, 0.1) is 6.04 Å². The molecule has 0 radical (unpaired) electrons. The van der Waals surface area contributed by atoms with Crippen molar-refractivity contribution >= 4 is 5.91 Å². The van der Waals surface area contributed by atoms with Crippen molar-refractivity contribution in [3.63, 3.8) is 0 Å². The maximum atomic E-state index is 12.9. The van der Waals surface area contributed by atoms with E-state index in [0.717, 1.165) is 25.2 Å². The van der Waals surface area contributed by atoms with Crippen molar-refractivity contribution in [3.8, 4) is 0 Å². The summed E-state index contributed by atoms with van der Waals surface area (Å²) in [6, 6.07) is 8.95. The summed E-state index contributed by atoms with van der Waals surface area (Å²) in [7, 11) is 2.03. The van der Waals surface area contributed by atoms with Crippen LogP contribution in [0.4, 0.5) is 0 Å². The molecule has 2 saturated carbocycles. The van der Waals surface area contributed by atoms with Gasteiger partial charge in [-0.05, 0) is 55.1 Å². The van der Waals surface area contributed by atoms with E-state index in [1.807, 2.05) is 7.05 Å². The Morgan fingerprint density at radius 3 is 2.75 bits per heavy atom. The Bertz CT molecular complexity index is 538. The summed E-state index contributed by atoms with van der Waals surface area (Å²) in [6.45, 7) is 0. The molecule has 0 heterocycles. The molecule has 3 aliphatic rings. The number of hydrogen-bond acceptors (Lipinski definition) is 1. The second-order valence-corrected chi connectivity index (χ2v) is 6.98. The van der Waals surface area contributed by atoms with E-state index in [1.54, 1.807) is 0 Å². The third kappa shape index (κ3) is 1.81. The number of benzene rings is 1. The van der Waals surface area contributed by atoms with Crippen LogP contribution in [0, 0.1) is 17.8 Å². The molecule has 2 fully saturated rings. The smallest absolute Gasteiger partial charge is 0.226 e. The minimum atomic E-state index is 0.317. The zero-order valence-electron chi connectivity index (χ0n) is 12.2. The fraction of sp³-hybridized carbons (Fsp3) is 0.611. The summed E-state index contributed by atoms with van der Waals surface area (Å²) in [5.41, 5.74) is 2.82. The summed E-state index contributed by atoms with van der Waals surface area (Å²) in [6.07, 6.45) is 7.34. The van der Waals surface area contributed by atoms with Crippen LogP contribution in [0.5, 0.6) is 0 Å². The van der Waals surface area contributed by atoms with E-state index in [-0.39, 0.29) is 0 Å². The van der Waals surface area contributed by atoms with Crippen molar-refractivity contribution in [2.75, 3.05) is 7.05 Å². The number of nitrogens with zero attached hydrogens (tertiary/aromatic N) is 1. The van der Waals surface area contributed by atoms with E-state index in [1.165, 1.54) is 30.4 Å². The molecule has 1 aromatic rings. The molecule has 4 atom stereocenters. The first-order valence-corrected chi connectivity index (χ1v) is 8.08. The first-order chi connectivity index (χ1) is 9.74. The second-order valence-electron chi connectivity index (χ2n) is 6.98. The second kappa shape index (κ2) is 4.61. The quantitative estimate of drug-likeness (QED) is 0.803. The molecule has 4 rings (SSSR count). The minimum Gasteiger partial charge on any atom is -0.338 e. The summed E-state index contributed by atoms with van der Waals surface area (Å²) in [5, 5.41) is 0. The van der Waals surface area contributed by atoms with E-state index >= 15 is 0 Å². The highest BCUT2D eigenvalue weighted by Gasteiger charge is 2.45. The average Bonchev–Trinajstić information content (AvgIpc) is 3.19. The van der Waals surface area contributed by atoms with E-state index in [9.17, 15) is 4.79 Å². The lowest BCUT2D eigenvalue weighted by atomic mass is 9.87. The van der Waals surface area contributed by atoms with Crippen LogP contribution >= 0.6 is 0 Å². The van der Waals surface area contributed by atoms with Gasteiger partial charge >= 0.3 is 0 Å². The highest BCUT2D eigenvalue weighted by Crippen LogP contribution is 2.49. The van der Waals surface area contributed by atoms with Gasteiger partial charge in [-0.25, -0.2) is 0 Å². The molecule has 0 saturated heterocycles. The van der Waals surface area contributed by atoms with Gasteiger partial charge < -0.3 is 4.90 Å². The van der Waals surface area contributed by atoms with Gasteiger partial charge in [0, 0.05) is 13.0 Å². The maximum Gasteiger partial charge on any atom is 0.226 e. The van der Waals surface area contributed by atoms with Crippen LogP contribution in [-0.4, -0.2) is 17.9 Å². The monoisotopic (exact) mass is 269 g/mol. The number of carbonyl (C=O) groups is 1. The minimum absolute atomic E-state index is 0.317. The number of carbonyl (C=O) groups excluding carboxylic acids is 1. The molecule has 2 nitrogen and oxygen atoms in total. The lowest BCUT2D eigenvalue weighted by Crippen LogP contribution is -2.37. The Morgan fingerprint density at radius 1 is 1.15 bits per heavy atom. The van der Waals surface area contributed by atoms with Crippen LogP contribution in [0.1, 0.15) is 49.3 Å². The van der Waals surface area contributed by atoms with E-state index in [0.29, 0.717) is 23.8 Å². The molecule has 0 aliphatic heterocycles. The van der Waals surface area contributed by atoms with Crippen LogP contribution in [0.2, 0.25) is 0 Å². The fourth-order valence-electron chi connectivity index (χ4n) is 4.90. The first kappa shape index (κ1) is 12.4. The zero-order valence-corrected chi connectivity index (χ0v) is 12.2. The molecular weight excluding hydrogens is 246 g/mol. The summed E-state index contributed by atoms with van der Waals surface area (Å²) < 4.78 is 0. The molecule has 2 bridgehead atoms. The Balaban J connectivity index is 1.53. The Labute approximate surface area is 121 Å². The van der Waals surface area contributed by atoms with Gasteiger partial charge in [0.1, 0.15) is 0 Å². The predicted molar refractivity (Wildman–Crippen MR) is 79.2 cm³/mol. The molecule has 0 aromatic heterocycles. The Kier molecular flexibility index (Phi) is 2.87. The molecule has 0 N–H and O–H groups in total. The molecule has 0 spiro atoms. The van der Waals surface area contributed by atoms with Crippen molar-refractivity contribution in [2.24, 2.45) is 17.8 Å². The molecular formula is C18H23NO. The van der Waals surface area contributed by atoms with Crippen LogP contribution < -0.4 is 0 Å². The fourth-order valence-corrected chi connectivity index (χ4v) is 4.90. The van der Waals surface area contributed by atoms with E-state index in [2.05, 4.69) is 29.2 Å². The zero-order chi connectivity index (χ0) is 13.7. The number of rotatable bonds is 2. The molecule has 20 heavy (non-hydrogen) atoms. The maximum absolute atomic E-state index is 12.9. The standard InChI is InChI=1S/C18H23NO/c1-19(17-9-8-13-4-2-3-5-15(13)17)18(20)16-11-12-6-7-14(16)10-12/h2-5,12,14,16-17H,6-11H2,1H3/t12-,14-,16-,17+/m0/s1. The molecule has 1 aromatic carbocycles. The topological polar surface area (TPSA) is 20.3 Å². The highest BCUT2D eigenvalue weighted by atomic mass is 16.2. The van der Waals surface area contributed by atoms with E-state index < -0.39 is 0 Å². The first-order valence-electron chi connectivity index (χ1n) is 8.08. The highest BCUT2D eigenvalue weighted by molar-refractivity contribution is 5.80. The third-order valence-electron chi connectivity index (χ3n) is 5.97. The van der Waals surface area contributed by atoms with Crippen molar-refractivity contribution in [2.45, 2.75) is 44.6 Å². The van der Waals surface area contributed by atoms with Gasteiger partial charge in [-0.3, -0.25) is 4.79 Å². The lowest BCUT2D eigenvalue weighted by Gasteiger charge is -2.31. The molecule has 0 unspecified atom stereocenters. The van der Waals surface area contributed by atoms with Gasteiger partial charge in [0.2, 0.25) is 5.91 Å². The number of hydrogen-bond donors (Lipinski definition) is 0. The largest absolute Gasteiger partial charge is 0.338 e. The van der Waals surface area contributed by atoms with Crippen molar-refractivity contribution in [1.82, 2.24) is 4.90 Å². The van der Waals surface area contributed by atoms with Crippen molar-refractivity contribution in [3.05, 3.63) is 35.4 Å². The molecule has 1 amide bonds. The summed E-state index contributed by atoms with van der Waals surface area (Å²) in [4.78, 5) is 14.9. The van der Waals surface area contributed by atoms with Crippen LogP contribution in [0.3, 0.4) is 0 Å². The van der Waals surface area contributed by atoms with Gasteiger partial charge in [0.25, 0.3) is 0 Å². The average molecular weight is 269 g/mol. The van der Waals surface area contributed by atoms with Gasteiger partial charge in [-0.1, -0.05) is 30.7 Å². The van der Waals surface area contributed by atoms with Crippen LogP contribution in [-0.2, 0) is 11.2 Å². The summed E-state index contributed by atoms with van der Waals surface area (Å²) >= 11 is 0. The third-order valence-corrected chi connectivity index (χ3v) is 5.97. The van der Waals surface area contributed by atoms with Crippen molar-refractivity contribution in [1.29, 1.82) is 0 Å². The molecule has 106 valence electrons.